The molecule has 4 N–H and O–H groups in total. The second kappa shape index (κ2) is 6.19. The molecule has 0 fully saturated rings. The molecule has 0 spiro atoms. The molecular formula is C20H18N2. The van der Waals surface area contributed by atoms with Gasteiger partial charge in [0.15, 0.2) is 0 Å². The van der Waals surface area contributed by atoms with Crippen LogP contribution in [0.25, 0.3) is 23.3 Å². The molecule has 2 heteroatoms. The van der Waals surface area contributed by atoms with Gasteiger partial charge in [-0.1, -0.05) is 60.7 Å². The van der Waals surface area contributed by atoms with Gasteiger partial charge in [0.05, 0.1) is 0 Å². The summed E-state index contributed by atoms with van der Waals surface area (Å²) in [6.45, 7) is 0. The van der Waals surface area contributed by atoms with Gasteiger partial charge in [-0.2, -0.15) is 0 Å². The zero-order valence-electron chi connectivity index (χ0n) is 12.2. The summed E-state index contributed by atoms with van der Waals surface area (Å²) in [4.78, 5) is 0. The van der Waals surface area contributed by atoms with Gasteiger partial charge < -0.3 is 11.5 Å². The Kier molecular flexibility index (Phi) is 3.92. The van der Waals surface area contributed by atoms with Gasteiger partial charge in [0.25, 0.3) is 0 Å². The Labute approximate surface area is 130 Å². The average Bonchev–Trinajstić information content (AvgIpc) is 2.56. The Morgan fingerprint density at radius 2 is 1.32 bits per heavy atom. The van der Waals surface area contributed by atoms with Crippen molar-refractivity contribution in [3.05, 3.63) is 83.9 Å². The van der Waals surface area contributed by atoms with Crippen molar-refractivity contribution < 1.29 is 0 Å². The number of anilines is 2. The summed E-state index contributed by atoms with van der Waals surface area (Å²) in [6.07, 6.45) is 4.19. The van der Waals surface area contributed by atoms with E-state index in [1.54, 1.807) is 0 Å². The largest absolute Gasteiger partial charge is 0.399 e. The van der Waals surface area contributed by atoms with E-state index < -0.39 is 0 Å². The Hall–Kier alpha value is -3.00. The third kappa shape index (κ3) is 3.18. The first-order valence-corrected chi connectivity index (χ1v) is 7.21. The van der Waals surface area contributed by atoms with Gasteiger partial charge in [0.1, 0.15) is 0 Å². The maximum atomic E-state index is 5.95. The van der Waals surface area contributed by atoms with Gasteiger partial charge in [0.2, 0.25) is 0 Å². The minimum atomic E-state index is 0.767. The van der Waals surface area contributed by atoms with Crippen molar-refractivity contribution in [2.75, 3.05) is 11.5 Å². The minimum absolute atomic E-state index is 0.767. The van der Waals surface area contributed by atoms with Crippen molar-refractivity contribution in [3.63, 3.8) is 0 Å². The third-order valence-electron chi connectivity index (χ3n) is 3.55. The highest BCUT2D eigenvalue weighted by Gasteiger charge is 2.03. The predicted molar refractivity (Wildman–Crippen MR) is 96.1 cm³/mol. The topological polar surface area (TPSA) is 52.0 Å². The maximum absolute atomic E-state index is 5.95. The Balaban J connectivity index is 1.99. The SMILES string of the molecule is Nc1ccc(C=Cc2ccc(N)cc2-c2ccccc2)cc1. The molecule has 0 amide bonds. The fraction of sp³-hybridized carbons (Fsp3) is 0. The molecule has 0 atom stereocenters. The van der Waals surface area contributed by atoms with E-state index in [4.69, 9.17) is 11.5 Å². The van der Waals surface area contributed by atoms with Crippen LogP contribution in [0.15, 0.2) is 72.8 Å². The van der Waals surface area contributed by atoms with E-state index in [1.165, 1.54) is 0 Å². The van der Waals surface area contributed by atoms with Crippen molar-refractivity contribution in [2.24, 2.45) is 0 Å². The molecule has 0 aliphatic heterocycles. The quantitative estimate of drug-likeness (QED) is 0.542. The summed E-state index contributed by atoms with van der Waals surface area (Å²) in [7, 11) is 0. The third-order valence-corrected chi connectivity index (χ3v) is 3.55. The van der Waals surface area contributed by atoms with Gasteiger partial charge in [-0.25, -0.2) is 0 Å². The highest BCUT2D eigenvalue weighted by molar-refractivity contribution is 5.82. The maximum Gasteiger partial charge on any atom is 0.0320 e. The average molecular weight is 286 g/mol. The first-order chi connectivity index (χ1) is 10.7. The molecule has 0 unspecified atom stereocenters. The van der Waals surface area contributed by atoms with Crippen molar-refractivity contribution in [1.29, 1.82) is 0 Å². The van der Waals surface area contributed by atoms with Crippen molar-refractivity contribution in [3.8, 4) is 11.1 Å². The van der Waals surface area contributed by atoms with Crippen LogP contribution in [0.3, 0.4) is 0 Å². The number of benzene rings is 3. The summed E-state index contributed by atoms with van der Waals surface area (Å²) in [6, 6.07) is 24.1. The van der Waals surface area contributed by atoms with Gasteiger partial charge in [-0.05, 0) is 46.5 Å². The zero-order valence-corrected chi connectivity index (χ0v) is 12.2. The van der Waals surface area contributed by atoms with E-state index in [-0.39, 0.29) is 0 Å². The summed E-state index contributed by atoms with van der Waals surface area (Å²) < 4.78 is 0. The molecule has 3 aromatic carbocycles. The molecule has 0 bridgehead atoms. The predicted octanol–water partition coefficient (Wildman–Crippen LogP) is 4.69. The molecule has 0 aliphatic carbocycles. The van der Waals surface area contributed by atoms with E-state index in [1.807, 2.05) is 60.7 Å². The molecule has 108 valence electrons. The first kappa shape index (κ1) is 14.0. The number of rotatable bonds is 3. The molecule has 0 heterocycles. The van der Waals surface area contributed by atoms with Gasteiger partial charge in [-0.15, -0.1) is 0 Å². The molecule has 0 aliphatic rings. The van der Waals surface area contributed by atoms with Crippen LogP contribution in [0.2, 0.25) is 0 Å². The standard InChI is InChI=1S/C20H18N2/c21-18-11-7-15(8-12-18)6-9-17-10-13-19(22)14-20(17)16-4-2-1-3-5-16/h1-14H,21-22H2. The van der Waals surface area contributed by atoms with Crippen LogP contribution in [0, 0.1) is 0 Å². The van der Waals surface area contributed by atoms with Gasteiger partial charge >= 0.3 is 0 Å². The van der Waals surface area contributed by atoms with Gasteiger partial charge in [0, 0.05) is 11.4 Å². The smallest absolute Gasteiger partial charge is 0.0320 e. The first-order valence-electron chi connectivity index (χ1n) is 7.21. The van der Waals surface area contributed by atoms with E-state index in [0.717, 1.165) is 33.6 Å². The number of hydrogen-bond acceptors (Lipinski definition) is 2. The molecule has 2 nitrogen and oxygen atoms in total. The number of hydrogen-bond donors (Lipinski definition) is 2. The van der Waals surface area contributed by atoms with Crippen molar-refractivity contribution in [1.82, 2.24) is 0 Å². The molecule has 0 aromatic heterocycles. The normalized spacial score (nSPS) is 10.9. The molecule has 3 aromatic rings. The van der Waals surface area contributed by atoms with Crippen LogP contribution in [-0.4, -0.2) is 0 Å². The summed E-state index contributed by atoms with van der Waals surface area (Å²) in [5, 5.41) is 0. The second-order valence-corrected chi connectivity index (χ2v) is 5.21. The number of nitrogen functional groups attached to an aromatic ring is 2. The van der Waals surface area contributed by atoms with Gasteiger partial charge in [-0.3, -0.25) is 0 Å². The van der Waals surface area contributed by atoms with Crippen LogP contribution in [0.1, 0.15) is 11.1 Å². The van der Waals surface area contributed by atoms with E-state index in [9.17, 15) is 0 Å². The van der Waals surface area contributed by atoms with E-state index >= 15 is 0 Å². The zero-order chi connectivity index (χ0) is 15.4. The Morgan fingerprint density at radius 1 is 0.636 bits per heavy atom. The minimum Gasteiger partial charge on any atom is -0.399 e. The van der Waals surface area contributed by atoms with E-state index in [2.05, 4.69) is 24.3 Å². The second-order valence-electron chi connectivity index (χ2n) is 5.21. The summed E-state index contributed by atoms with van der Waals surface area (Å²) in [5.41, 5.74) is 17.7. The van der Waals surface area contributed by atoms with Crippen molar-refractivity contribution >= 4 is 23.5 Å². The van der Waals surface area contributed by atoms with Crippen LogP contribution >= 0.6 is 0 Å². The highest BCUT2D eigenvalue weighted by atomic mass is 14.5. The van der Waals surface area contributed by atoms with Crippen LogP contribution in [0.5, 0.6) is 0 Å². The van der Waals surface area contributed by atoms with Crippen LogP contribution in [-0.2, 0) is 0 Å². The fourth-order valence-corrected chi connectivity index (χ4v) is 2.38. The lowest BCUT2D eigenvalue weighted by atomic mass is 9.98. The lowest BCUT2D eigenvalue weighted by molar-refractivity contribution is 1.58. The van der Waals surface area contributed by atoms with Crippen molar-refractivity contribution in [2.45, 2.75) is 0 Å². The lowest BCUT2D eigenvalue weighted by Crippen LogP contribution is -1.89. The molecule has 0 radical (unpaired) electrons. The number of nitrogens with two attached hydrogens (primary N) is 2. The van der Waals surface area contributed by atoms with E-state index in [0.29, 0.717) is 0 Å². The highest BCUT2D eigenvalue weighted by Crippen LogP contribution is 2.27. The van der Waals surface area contributed by atoms with Crippen LogP contribution < -0.4 is 11.5 Å². The molecule has 0 saturated carbocycles. The molecule has 22 heavy (non-hydrogen) atoms. The Bertz CT molecular complexity index is 788. The Morgan fingerprint density at radius 3 is 2.05 bits per heavy atom. The molecule has 0 saturated heterocycles. The molecule has 3 rings (SSSR count). The molecular weight excluding hydrogens is 268 g/mol. The lowest BCUT2D eigenvalue weighted by Gasteiger charge is -2.08. The summed E-state index contributed by atoms with van der Waals surface area (Å²) >= 11 is 0. The fourth-order valence-electron chi connectivity index (χ4n) is 2.38. The monoisotopic (exact) mass is 286 g/mol. The summed E-state index contributed by atoms with van der Waals surface area (Å²) in [5.74, 6) is 0. The van der Waals surface area contributed by atoms with Crippen LogP contribution in [0.4, 0.5) is 11.4 Å².